The molecule has 2 fully saturated rings. The van der Waals surface area contributed by atoms with Gasteiger partial charge in [0.05, 0.1) is 25.4 Å². The Morgan fingerprint density at radius 3 is 2.45 bits per heavy atom. The van der Waals surface area contributed by atoms with E-state index >= 15 is 0 Å². The summed E-state index contributed by atoms with van der Waals surface area (Å²) in [6.07, 6.45) is 4.63. The molecule has 0 amide bonds. The number of β-amino-alcohol motifs (C(OH)–C–C–N with tert-alkyl or cyclic N) is 1. The third-order valence-electron chi connectivity index (χ3n) is 5.74. The van der Waals surface area contributed by atoms with E-state index in [9.17, 15) is 5.11 Å². The lowest BCUT2D eigenvalue weighted by Gasteiger charge is -2.34. The molecule has 0 radical (unpaired) electrons. The first kappa shape index (κ1) is 28.0. The van der Waals surface area contributed by atoms with Crippen LogP contribution in [0.1, 0.15) is 20.3 Å². The highest BCUT2D eigenvalue weighted by atomic mass is 127. The Labute approximate surface area is 215 Å². The average molecular weight is 577 g/mol. The maximum Gasteiger partial charge on any atom is 0.225 e. The summed E-state index contributed by atoms with van der Waals surface area (Å²) < 4.78 is 5.39. The Balaban J connectivity index is 0.00000385. The van der Waals surface area contributed by atoms with Crippen LogP contribution in [-0.2, 0) is 4.74 Å². The molecule has 1 aromatic rings. The third-order valence-corrected chi connectivity index (χ3v) is 5.74. The molecule has 3 rings (SSSR count). The lowest BCUT2D eigenvalue weighted by Crippen LogP contribution is -2.48. The van der Waals surface area contributed by atoms with Crippen molar-refractivity contribution in [1.82, 2.24) is 30.4 Å². The van der Waals surface area contributed by atoms with Gasteiger partial charge in [0.1, 0.15) is 0 Å². The molecule has 1 aromatic heterocycles. The summed E-state index contributed by atoms with van der Waals surface area (Å²) >= 11 is 0. The number of rotatable bonds is 10. The third kappa shape index (κ3) is 10.3. The number of hydrogen-bond acceptors (Lipinski definition) is 8. The van der Waals surface area contributed by atoms with Gasteiger partial charge in [0.2, 0.25) is 5.95 Å². The predicted molar refractivity (Wildman–Crippen MR) is 143 cm³/mol. The van der Waals surface area contributed by atoms with Crippen LogP contribution < -0.4 is 15.5 Å². The first-order valence-corrected chi connectivity index (χ1v) is 11.8. The Hall–Kier alpha value is -1.28. The fourth-order valence-corrected chi connectivity index (χ4v) is 4.02. The van der Waals surface area contributed by atoms with E-state index in [1.807, 2.05) is 13.0 Å². The molecule has 3 heterocycles. The summed E-state index contributed by atoms with van der Waals surface area (Å²) in [4.78, 5) is 20.3. The van der Waals surface area contributed by atoms with Crippen LogP contribution in [0.3, 0.4) is 0 Å². The summed E-state index contributed by atoms with van der Waals surface area (Å²) in [5.74, 6) is 1.59. The van der Waals surface area contributed by atoms with Gasteiger partial charge in [-0.3, -0.25) is 14.8 Å². The minimum absolute atomic E-state index is 0. The lowest BCUT2D eigenvalue weighted by molar-refractivity contribution is -0.0179. The molecule has 0 aromatic carbocycles. The van der Waals surface area contributed by atoms with Crippen LogP contribution >= 0.6 is 24.0 Å². The highest BCUT2D eigenvalue weighted by Gasteiger charge is 2.25. The van der Waals surface area contributed by atoms with Crippen molar-refractivity contribution in [2.75, 3.05) is 90.1 Å². The molecule has 2 saturated heterocycles. The second-order valence-electron chi connectivity index (χ2n) is 8.74. The zero-order valence-corrected chi connectivity index (χ0v) is 22.4. The van der Waals surface area contributed by atoms with Crippen LogP contribution in [-0.4, -0.2) is 122 Å². The van der Waals surface area contributed by atoms with Gasteiger partial charge in [-0.25, -0.2) is 9.97 Å². The summed E-state index contributed by atoms with van der Waals surface area (Å²) in [6, 6.07) is 1.85. The molecule has 11 heteroatoms. The number of hydrogen-bond donors (Lipinski definition) is 3. The Bertz CT molecular complexity index is 680. The van der Waals surface area contributed by atoms with Crippen molar-refractivity contribution >= 4 is 35.9 Å². The molecular formula is C22H41IN8O2. The first-order chi connectivity index (χ1) is 15.6. The molecule has 2 aliphatic heterocycles. The number of aromatic nitrogens is 2. The fraction of sp³-hybridized carbons (Fsp3) is 0.773. The number of anilines is 1. The lowest BCUT2D eigenvalue weighted by atomic mass is 10.1. The van der Waals surface area contributed by atoms with Crippen molar-refractivity contribution in [3.63, 3.8) is 0 Å². The molecular weight excluding hydrogens is 535 g/mol. The van der Waals surface area contributed by atoms with Crippen molar-refractivity contribution in [3.05, 3.63) is 18.5 Å². The molecule has 188 valence electrons. The number of aliphatic hydroxyl groups is 1. The van der Waals surface area contributed by atoms with Crippen LogP contribution in [0.2, 0.25) is 0 Å². The second kappa shape index (κ2) is 14.9. The Morgan fingerprint density at radius 2 is 1.79 bits per heavy atom. The van der Waals surface area contributed by atoms with E-state index < -0.39 is 5.60 Å². The quantitative estimate of drug-likeness (QED) is 0.157. The van der Waals surface area contributed by atoms with Crippen molar-refractivity contribution in [3.8, 4) is 0 Å². The number of guanidine groups is 1. The average Bonchev–Trinajstić information content (AvgIpc) is 2.81. The summed E-state index contributed by atoms with van der Waals surface area (Å²) in [5.41, 5.74) is -0.859. The predicted octanol–water partition coefficient (Wildman–Crippen LogP) is 0.245. The molecule has 0 spiro atoms. The summed E-state index contributed by atoms with van der Waals surface area (Å²) in [5, 5.41) is 17.5. The maximum absolute atomic E-state index is 10.8. The van der Waals surface area contributed by atoms with Crippen LogP contribution in [0.25, 0.3) is 0 Å². The maximum atomic E-state index is 10.8. The Kier molecular flexibility index (Phi) is 12.6. The minimum Gasteiger partial charge on any atom is -0.387 e. The van der Waals surface area contributed by atoms with Gasteiger partial charge in [0, 0.05) is 71.3 Å². The summed E-state index contributed by atoms with van der Waals surface area (Å²) in [7, 11) is 0. The molecule has 1 atom stereocenters. The number of nitrogens with zero attached hydrogens (tertiary/aromatic N) is 6. The number of nitrogens with one attached hydrogen (secondary N) is 2. The molecule has 10 nitrogen and oxygen atoms in total. The van der Waals surface area contributed by atoms with Gasteiger partial charge < -0.3 is 25.4 Å². The first-order valence-electron chi connectivity index (χ1n) is 11.8. The Morgan fingerprint density at radius 1 is 1.09 bits per heavy atom. The minimum atomic E-state index is -0.859. The zero-order chi connectivity index (χ0) is 22.7. The summed E-state index contributed by atoms with van der Waals surface area (Å²) in [6.45, 7) is 14.7. The largest absolute Gasteiger partial charge is 0.387 e. The molecule has 33 heavy (non-hydrogen) atoms. The van der Waals surface area contributed by atoms with E-state index in [0.717, 1.165) is 90.4 Å². The van der Waals surface area contributed by atoms with Crippen LogP contribution in [0.15, 0.2) is 23.5 Å². The molecule has 3 N–H and O–H groups in total. The van der Waals surface area contributed by atoms with Crippen LogP contribution in [0, 0.1) is 0 Å². The van der Waals surface area contributed by atoms with Gasteiger partial charge in [0.15, 0.2) is 5.96 Å². The van der Waals surface area contributed by atoms with Crippen molar-refractivity contribution in [2.24, 2.45) is 4.99 Å². The number of piperazine rings is 1. The molecule has 2 aliphatic rings. The monoisotopic (exact) mass is 576 g/mol. The number of morpholine rings is 1. The van der Waals surface area contributed by atoms with E-state index in [1.165, 1.54) is 0 Å². The van der Waals surface area contributed by atoms with Gasteiger partial charge in [-0.15, -0.1) is 24.0 Å². The smallest absolute Gasteiger partial charge is 0.225 e. The van der Waals surface area contributed by atoms with Gasteiger partial charge in [-0.1, -0.05) is 0 Å². The van der Waals surface area contributed by atoms with Gasteiger partial charge in [-0.2, -0.15) is 0 Å². The standard InChI is InChI=1S/C22H40N8O2.HI/c1-3-23-20(27-18-22(2,31)19-29-14-16-32-17-15-29)24-8-5-9-28-10-12-30(13-11-28)21-25-6-4-7-26-21;/h4,6-7,31H,3,5,8-19H2,1-2H3,(H2,23,24,27);1H. The normalized spacial score (nSPS) is 20.1. The van der Waals surface area contributed by atoms with Gasteiger partial charge in [-0.05, 0) is 32.9 Å². The SMILES string of the molecule is CCNC(=NCC(C)(O)CN1CCOCC1)NCCCN1CCN(c2ncccn2)CC1.I. The van der Waals surface area contributed by atoms with Gasteiger partial charge in [0.25, 0.3) is 0 Å². The number of aliphatic imine (C=N–C) groups is 1. The van der Waals surface area contributed by atoms with Crippen molar-refractivity contribution in [1.29, 1.82) is 0 Å². The number of ether oxygens (including phenoxy) is 1. The fourth-order valence-electron chi connectivity index (χ4n) is 4.02. The van der Waals surface area contributed by atoms with E-state index in [0.29, 0.717) is 13.1 Å². The van der Waals surface area contributed by atoms with Crippen LogP contribution in [0.4, 0.5) is 5.95 Å². The topological polar surface area (TPSA) is 101 Å². The van der Waals surface area contributed by atoms with Gasteiger partial charge >= 0.3 is 0 Å². The van der Waals surface area contributed by atoms with Crippen LogP contribution in [0.5, 0.6) is 0 Å². The van der Waals surface area contributed by atoms with Crippen molar-refractivity contribution < 1.29 is 9.84 Å². The van der Waals surface area contributed by atoms with E-state index in [-0.39, 0.29) is 24.0 Å². The molecule has 0 aliphatic carbocycles. The molecule has 0 bridgehead atoms. The zero-order valence-electron chi connectivity index (χ0n) is 20.1. The van der Waals surface area contributed by atoms with E-state index in [4.69, 9.17) is 4.74 Å². The highest BCUT2D eigenvalue weighted by Crippen LogP contribution is 2.10. The van der Waals surface area contributed by atoms with Crippen molar-refractivity contribution in [2.45, 2.75) is 25.9 Å². The molecule has 1 unspecified atom stereocenters. The second-order valence-corrected chi connectivity index (χ2v) is 8.74. The highest BCUT2D eigenvalue weighted by molar-refractivity contribution is 14.0. The molecule has 0 saturated carbocycles. The van der Waals surface area contributed by atoms with E-state index in [1.54, 1.807) is 12.4 Å². The number of halogens is 1. The van der Waals surface area contributed by atoms with E-state index in [2.05, 4.69) is 47.2 Å².